The third kappa shape index (κ3) is 5.15. The first-order valence-electron chi connectivity index (χ1n) is 14.6. The Morgan fingerprint density at radius 2 is 1.51 bits per heavy atom. The average molecular weight is 565 g/mol. The Morgan fingerprint density at radius 3 is 2.07 bits per heavy atom. The monoisotopic (exact) mass is 564 g/mol. The maximum Gasteiger partial charge on any atom is 0.261 e. The number of aryl methyl sites for hydroxylation is 1. The van der Waals surface area contributed by atoms with E-state index in [0.29, 0.717) is 5.56 Å². The molecular formula is C35H37FN2O2Si. The molecule has 1 fully saturated rings. The molecule has 4 aromatic rings. The maximum atomic E-state index is 13.4. The van der Waals surface area contributed by atoms with Crippen LogP contribution < -0.4 is 15.7 Å². The number of hydrogen-bond acceptors (Lipinski definition) is 3. The van der Waals surface area contributed by atoms with Gasteiger partial charge in [0.05, 0.1) is 17.3 Å². The summed E-state index contributed by atoms with van der Waals surface area (Å²) in [4.78, 5) is 18.1. The Kier molecular flexibility index (Phi) is 7.16. The number of fused-ring (bicyclic) bond motifs is 1. The van der Waals surface area contributed by atoms with Gasteiger partial charge in [0, 0.05) is 16.8 Å². The van der Waals surface area contributed by atoms with E-state index in [9.17, 15) is 9.18 Å². The smallest absolute Gasteiger partial charge is 0.261 e. The molecule has 1 N–H and O–H groups in total. The molecule has 2 aliphatic rings. The fourth-order valence-electron chi connectivity index (χ4n) is 6.37. The lowest BCUT2D eigenvalue weighted by Gasteiger charge is -2.46. The summed E-state index contributed by atoms with van der Waals surface area (Å²) >= 11 is 0. The summed E-state index contributed by atoms with van der Waals surface area (Å²) in [6.07, 6.45) is 4.47. The van der Waals surface area contributed by atoms with Crippen molar-refractivity contribution >= 4 is 24.6 Å². The summed E-state index contributed by atoms with van der Waals surface area (Å²) in [5.41, 5.74) is 3.12. The quantitative estimate of drug-likeness (QED) is 0.258. The van der Waals surface area contributed by atoms with Crippen LogP contribution in [0, 0.1) is 5.82 Å². The molecule has 4 nitrogen and oxygen atoms in total. The van der Waals surface area contributed by atoms with Gasteiger partial charge in [-0.2, -0.15) is 0 Å². The van der Waals surface area contributed by atoms with Crippen molar-refractivity contribution in [3.63, 3.8) is 0 Å². The second kappa shape index (κ2) is 10.7. The van der Waals surface area contributed by atoms with E-state index >= 15 is 0 Å². The molecule has 0 saturated heterocycles. The zero-order valence-corrected chi connectivity index (χ0v) is 25.0. The van der Waals surface area contributed by atoms with Crippen LogP contribution in [0.4, 0.5) is 4.39 Å². The summed E-state index contributed by atoms with van der Waals surface area (Å²) in [6, 6.07) is 31.5. The number of carbonyl (C=O) groups excluding carboxylic acids is 1. The Balaban J connectivity index is 1.33. The van der Waals surface area contributed by atoms with E-state index in [1.54, 1.807) is 0 Å². The van der Waals surface area contributed by atoms with Crippen molar-refractivity contribution in [2.45, 2.75) is 69.6 Å². The van der Waals surface area contributed by atoms with Crippen molar-refractivity contribution in [1.29, 1.82) is 0 Å². The van der Waals surface area contributed by atoms with Crippen LogP contribution in [0.1, 0.15) is 79.9 Å². The summed E-state index contributed by atoms with van der Waals surface area (Å²) < 4.78 is 20.9. The topological polar surface area (TPSA) is 51.2 Å². The molecule has 0 radical (unpaired) electrons. The van der Waals surface area contributed by atoms with Crippen LogP contribution in [0.25, 0.3) is 0 Å². The number of nitrogens with one attached hydrogen (secondary N) is 1. The number of hydrogen-bond donors (Lipinski definition) is 1. The SMILES string of the molecule is CC(C)(C)[Si](OC1CCCc2nc(C3(NC(=O)c4ccc(F)cc4)CC3)ccc21)(c1ccccc1)c1ccccc1. The van der Waals surface area contributed by atoms with Crippen molar-refractivity contribution in [1.82, 2.24) is 10.3 Å². The van der Waals surface area contributed by atoms with E-state index < -0.39 is 13.9 Å². The molecule has 1 unspecified atom stereocenters. The Hall–Kier alpha value is -3.61. The summed E-state index contributed by atoms with van der Waals surface area (Å²) in [7, 11) is -2.72. The first-order chi connectivity index (χ1) is 19.7. The van der Waals surface area contributed by atoms with Gasteiger partial charge in [0.15, 0.2) is 0 Å². The average Bonchev–Trinajstić information content (AvgIpc) is 3.76. The first kappa shape index (κ1) is 27.6. The molecule has 1 atom stereocenters. The van der Waals surface area contributed by atoms with Crippen molar-refractivity contribution in [2.75, 3.05) is 0 Å². The zero-order valence-electron chi connectivity index (χ0n) is 24.0. The van der Waals surface area contributed by atoms with Crippen LogP contribution in [-0.2, 0) is 16.4 Å². The predicted molar refractivity (Wildman–Crippen MR) is 163 cm³/mol. The molecule has 210 valence electrons. The normalized spacial score (nSPS) is 17.9. The van der Waals surface area contributed by atoms with Gasteiger partial charge in [0.2, 0.25) is 0 Å². The number of nitrogens with zero attached hydrogens (tertiary/aromatic N) is 1. The largest absolute Gasteiger partial charge is 0.400 e. The molecule has 1 saturated carbocycles. The van der Waals surface area contributed by atoms with Gasteiger partial charge < -0.3 is 9.74 Å². The third-order valence-corrected chi connectivity index (χ3v) is 13.7. The minimum Gasteiger partial charge on any atom is -0.400 e. The molecule has 6 heteroatoms. The molecule has 3 aromatic carbocycles. The molecule has 1 heterocycles. The number of aromatic nitrogens is 1. The van der Waals surface area contributed by atoms with Crippen molar-refractivity contribution < 1.29 is 13.6 Å². The highest BCUT2D eigenvalue weighted by molar-refractivity contribution is 6.99. The van der Waals surface area contributed by atoms with E-state index in [1.807, 2.05) is 0 Å². The van der Waals surface area contributed by atoms with E-state index in [2.05, 4.69) is 98.9 Å². The first-order valence-corrected chi connectivity index (χ1v) is 16.5. The van der Waals surface area contributed by atoms with Crippen molar-refractivity contribution in [3.8, 4) is 0 Å². The standard InChI is InChI=1S/C35H37FN2O2Si/c1-34(2,3)41(27-11-6-4-7-12-27,28-13-8-5-9-14-28)40-31-16-10-15-30-29(31)21-22-32(37-30)35(23-24-35)38-33(39)25-17-19-26(36)20-18-25/h4-9,11-14,17-22,31H,10,15-16,23-24H2,1-3H3,(H,38,39). The highest BCUT2D eigenvalue weighted by atomic mass is 28.4. The van der Waals surface area contributed by atoms with Gasteiger partial charge in [-0.1, -0.05) is 87.5 Å². The second-order valence-electron chi connectivity index (χ2n) is 12.4. The molecule has 0 aliphatic heterocycles. The minimum absolute atomic E-state index is 0.0597. The summed E-state index contributed by atoms with van der Waals surface area (Å²) in [5, 5.41) is 5.63. The fraction of sp³-hybridized carbons (Fsp3) is 0.314. The molecule has 1 amide bonds. The highest BCUT2D eigenvalue weighted by Crippen LogP contribution is 2.47. The van der Waals surface area contributed by atoms with E-state index in [0.717, 1.165) is 49.1 Å². The number of halogens is 1. The predicted octanol–water partition coefficient (Wildman–Crippen LogP) is 6.59. The van der Waals surface area contributed by atoms with Crippen LogP contribution in [-0.4, -0.2) is 19.2 Å². The molecule has 0 spiro atoms. The van der Waals surface area contributed by atoms with Crippen molar-refractivity contribution in [3.05, 3.63) is 125 Å². The van der Waals surface area contributed by atoms with E-state index in [4.69, 9.17) is 9.41 Å². The number of benzene rings is 3. The lowest BCUT2D eigenvalue weighted by atomic mass is 9.92. The lowest BCUT2D eigenvalue weighted by Crippen LogP contribution is -2.67. The van der Waals surface area contributed by atoms with Gasteiger partial charge >= 0.3 is 0 Å². The minimum atomic E-state index is -2.72. The number of rotatable bonds is 7. The third-order valence-electron chi connectivity index (χ3n) is 8.67. The van der Waals surface area contributed by atoms with Gasteiger partial charge in [0.1, 0.15) is 5.82 Å². The number of pyridine rings is 1. The van der Waals surface area contributed by atoms with Crippen molar-refractivity contribution in [2.24, 2.45) is 0 Å². The maximum absolute atomic E-state index is 13.4. The lowest BCUT2D eigenvalue weighted by molar-refractivity contribution is 0.0929. The van der Waals surface area contributed by atoms with Crippen LogP contribution >= 0.6 is 0 Å². The summed E-state index contributed by atoms with van der Waals surface area (Å²) in [6.45, 7) is 6.93. The second-order valence-corrected chi connectivity index (χ2v) is 16.7. The van der Waals surface area contributed by atoms with Crippen LogP contribution in [0.2, 0.25) is 5.04 Å². The molecule has 1 aromatic heterocycles. The Bertz CT molecular complexity index is 1490. The Labute approximate surface area is 243 Å². The van der Waals surface area contributed by atoms with Gasteiger partial charge in [-0.25, -0.2) is 4.39 Å². The van der Waals surface area contributed by atoms with Crippen LogP contribution in [0.5, 0.6) is 0 Å². The van der Waals surface area contributed by atoms with E-state index in [-0.39, 0.29) is 22.9 Å². The van der Waals surface area contributed by atoms with Gasteiger partial charge in [0.25, 0.3) is 14.2 Å². The Morgan fingerprint density at radius 1 is 0.902 bits per heavy atom. The molecular weight excluding hydrogens is 527 g/mol. The van der Waals surface area contributed by atoms with Gasteiger partial charge in [-0.3, -0.25) is 9.78 Å². The number of amides is 1. The number of carbonyl (C=O) groups is 1. The van der Waals surface area contributed by atoms with Gasteiger partial charge in [-0.05, 0) is 77.8 Å². The highest BCUT2D eigenvalue weighted by Gasteiger charge is 2.52. The molecule has 6 rings (SSSR count). The zero-order chi connectivity index (χ0) is 28.7. The van der Waals surface area contributed by atoms with E-state index in [1.165, 1.54) is 34.6 Å². The van der Waals surface area contributed by atoms with Crippen LogP contribution in [0.3, 0.4) is 0 Å². The fourth-order valence-corrected chi connectivity index (χ4v) is 11.1. The molecule has 0 bridgehead atoms. The molecule has 41 heavy (non-hydrogen) atoms. The molecule has 2 aliphatic carbocycles. The van der Waals surface area contributed by atoms with Crippen LogP contribution in [0.15, 0.2) is 97.1 Å². The van der Waals surface area contributed by atoms with Gasteiger partial charge in [-0.15, -0.1) is 0 Å². The summed E-state index contributed by atoms with van der Waals surface area (Å²) in [5.74, 6) is -0.552.